The van der Waals surface area contributed by atoms with Crippen LogP contribution in [0.25, 0.3) is 0 Å². The van der Waals surface area contributed by atoms with Gasteiger partial charge in [0.2, 0.25) is 6.17 Å². The summed E-state index contributed by atoms with van der Waals surface area (Å²) in [5.41, 5.74) is 0. The van der Waals surface area contributed by atoms with Crippen LogP contribution in [0.15, 0.2) is 11.4 Å². The maximum absolute atomic E-state index is 11.7. The van der Waals surface area contributed by atoms with Gasteiger partial charge in [-0.2, -0.15) is 13.2 Å². The summed E-state index contributed by atoms with van der Waals surface area (Å²) in [7, 11) is 0. The van der Waals surface area contributed by atoms with Crippen molar-refractivity contribution in [3.63, 3.8) is 0 Å². The van der Waals surface area contributed by atoms with E-state index in [0.29, 0.717) is 0 Å². The molecule has 0 nitrogen and oxygen atoms in total. The van der Waals surface area contributed by atoms with Crippen molar-refractivity contribution in [2.75, 3.05) is 0 Å². The standard InChI is InChI=1S/C4H2ClF5/c5-2(1-6)3(7)4(8,9)10/h1,3H/b2-1+. The lowest BCUT2D eigenvalue weighted by Crippen LogP contribution is -2.24. The predicted molar refractivity (Wildman–Crippen MR) is 26.0 cm³/mol. The number of hydrogen-bond acceptors (Lipinski definition) is 0. The highest BCUT2D eigenvalue weighted by Gasteiger charge is 2.42. The highest BCUT2D eigenvalue weighted by molar-refractivity contribution is 6.30. The summed E-state index contributed by atoms with van der Waals surface area (Å²) < 4.78 is 56.5. The van der Waals surface area contributed by atoms with Crippen LogP contribution >= 0.6 is 11.6 Å². The molecule has 0 aromatic carbocycles. The van der Waals surface area contributed by atoms with Crippen molar-refractivity contribution in [3.05, 3.63) is 11.4 Å². The Morgan fingerprint density at radius 2 is 1.80 bits per heavy atom. The number of rotatable bonds is 1. The molecule has 1 atom stereocenters. The highest BCUT2D eigenvalue weighted by atomic mass is 35.5. The Morgan fingerprint density at radius 3 is 1.90 bits per heavy atom. The fourth-order valence-electron chi connectivity index (χ4n) is 0.212. The van der Waals surface area contributed by atoms with Gasteiger partial charge in [-0.15, -0.1) is 0 Å². The van der Waals surface area contributed by atoms with E-state index < -0.39 is 23.7 Å². The first kappa shape index (κ1) is 9.68. The zero-order chi connectivity index (χ0) is 8.36. The molecule has 6 heteroatoms. The van der Waals surface area contributed by atoms with Crippen LogP contribution in [0.5, 0.6) is 0 Å². The number of allylic oxidation sites excluding steroid dienone is 1. The lowest BCUT2D eigenvalue weighted by Gasteiger charge is -2.09. The van der Waals surface area contributed by atoms with Crippen LogP contribution in [0.1, 0.15) is 0 Å². The number of halogens is 6. The molecule has 0 aliphatic heterocycles. The molecular formula is C4H2ClF5. The first-order chi connectivity index (χ1) is 4.39. The zero-order valence-corrected chi connectivity index (χ0v) is 5.18. The highest BCUT2D eigenvalue weighted by Crippen LogP contribution is 2.29. The molecule has 0 aromatic rings. The van der Waals surface area contributed by atoms with Gasteiger partial charge in [-0.05, 0) is 0 Å². The van der Waals surface area contributed by atoms with Crippen LogP contribution in [0.3, 0.4) is 0 Å². The van der Waals surface area contributed by atoms with Crippen LogP contribution in [-0.2, 0) is 0 Å². The molecule has 0 spiro atoms. The molecular weight excluding hydrogens is 178 g/mol. The summed E-state index contributed by atoms with van der Waals surface area (Å²) in [4.78, 5) is 0. The third-order valence-electron chi connectivity index (χ3n) is 0.634. The topological polar surface area (TPSA) is 0 Å². The van der Waals surface area contributed by atoms with Crippen molar-refractivity contribution in [2.24, 2.45) is 0 Å². The maximum atomic E-state index is 11.7. The fraction of sp³-hybridized carbons (Fsp3) is 0.500. The summed E-state index contributed by atoms with van der Waals surface area (Å²) in [5, 5.41) is -1.49. The van der Waals surface area contributed by atoms with Crippen molar-refractivity contribution >= 4 is 11.6 Å². The van der Waals surface area contributed by atoms with E-state index >= 15 is 0 Å². The molecule has 0 aliphatic rings. The number of alkyl halides is 4. The van der Waals surface area contributed by atoms with Gasteiger partial charge in [-0.25, -0.2) is 8.78 Å². The average Bonchev–Trinajstić information content (AvgIpc) is 1.83. The van der Waals surface area contributed by atoms with Gasteiger partial charge in [0.15, 0.2) is 0 Å². The number of hydrogen-bond donors (Lipinski definition) is 0. The molecule has 0 bridgehead atoms. The van der Waals surface area contributed by atoms with E-state index in [2.05, 4.69) is 11.6 Å². The van der Waals surface area contributed by atoms with E-state index in [0.717, 1.165) is 0 Å². The van der Waals surface area contributed by atoms with Gasteiger partial charge < -0.3 is 0 Å². The molecule has 1 unspecified atom stereocenters. The Kier molecular flexibility index (Phi) is 3.08. The lowest BCUT2D eigenvalue weighted by molar-refractivity contribution is -0.167. The average molecular weight is 181 g/mol. The van der Waals surface area contributed by atoms with Crippen LogP contribution in [-0.4, -0.2) is 12.3 Å². The van der Waals surface area contributed by atoms with Crippen molar-refractivity contribution < 1.29 is 22.0 Å². The fourth-order valence-corrected chi connectivity index (χ4v) is 0.335. The Morgan fingerprint density at radius 1 is 1.40 bits per heavy atom. The Hall–Kier alpha value is -0.320. The molecule has 0 rings (SSSR count). The van der Waals surface area contributed by atoms with Gasteiger partial charge in [0.05, 0.1) is 5.03 Å². The minimum atomic E-state index is -5.13. The zero-order valence-electron chi connectivity index (χ0n) is 4.42. The quantitative estimate of drug-likeness (QED) is 0.545. The van der Waals surface area contributed by atoms with Crippen molar-refractivity contribution in [1.29, 1.82) is 0 Å². The molecule has 0 radical (unpaired) electrons. The second-order valence-electron chi connectivity index (χ2n) is 1.40. The molecule has 0 amide bonds. The molecule has 60 valence electrons. The second-order valence-corrected chi connectivity index (χ2v) is 1.83. The second kappa shape index (κ2) is 3.18. The van der Waals surface area contributed by atoms with Crippen LogP contribution in [0.4, 0.5) is 22.0 Å². The Balaban J connectivity index is 4.23. The maximum Gasteiger partial charge on any atom is 0.424 e. The summed E-state index contributed by atoms with van der Waals surface area (Å²) in [5.74, 6) is 0. The van der Waals surface area contributed by atoms with Crippen molar-refractivity contribution in [1.82, 2.24) is 0 Å². The lowest BCUT2D eigenvalue weighted by atomic mass is 10.4. The van der Waals surface area contributed by atoms with Gasteiger partial charge >= 0.3 is 6.18 Å². The first-order valence-electron chi connectivity index (χ1n) is 2.06. The molecule has 0 saturated carbocycles. The van der Waals surface area contributed by atoms with Crippen LogP contribution in [0.2, 0.25) is 0 Å². The molecule has 0 heterocycles. The van der Waals surface area contributed by atoms with Gasteiger partial charge in [0.1, 0.15) is 6.33 Å². The largest absolute Gasteiger partial charge is 0.424 e. The predicted octanol–water partition coefficient (Wildman–Crippen LogP) is 2.94. The first-order valence-corrected chi connectivity index (χ1v) is 2.44. The monoisotopic (exact) mass is 180 g/mol. The SMILES string of the molecule is F/C=C(/Cl)C(F)C(F)(F)F. The summed E-state index contributed by atoms with van der Waals surface area (Å²) in [6, 6.07) is 0. The molecule has 10 heavy (non-hydrogen) atoms. The molecule has 0 aromatic heterocycles. The van der Waals surface area contributed by atoms with E-state index in [-0.39, 0.29) is 0 Å². The van der Waals surface area contributed by atoms with E-state index in [1.165, 1.54) is 0 Å². The van der Waals surface area contributed by atoms with E-state index in [4.69, 9.17) is 0 Å². The molecule has 0 aliphatic carbocycles. The van der Waals surface area contributed by atoms with Crippen molar-refractivity contribution in [3.8, 4) is 0 Å². The normalized spacial score (nSPS) is 17.2. The summed E-state index contributed by atoms with van der Waals surface area (Å²) >= 11 is 4.49. The van der Waals surface area contributed by atoms with E-state index in [1.807, 2.05) is 0 Å². The summed E-state index contributed by atoms with van der Waals surface area (Å²) in [6.45, 7) is 0. The van der Waals surface area contributed by atoms with E-state index in [9.17, 15) is 22.0 Å². The molecule has 0 saturated heterocycles. The van der Waals surface area contributed by atoms with E-state index in [1.54, 1.807) is 0 Å². The van der Waals surface area contributed by atoms with Crippen LogP contribution < -0.4 is 0 Å². The molecule has 0 fully saturated rings. The van der Waals surface area contributed by atoms with Crippen molar-refractivity contribution in [2.45, 2.75) is 12.3 Å². The van der Waals surface area contributed by atoms with Gasteiger partial charge in [-0.1, -0.05) is 11.6 Å². The Labute approximate surface area is 58.3 Å². The van der Waals surface area contributed by atoms with Gasteiger partial charge in [0, 0.05) is 0 Å². The smallest absolute Gasteiger partial charge is 0.231 e. The molecule has 0 N–H and O–H groups in total. The Bertz CT molecular complexity index is 137. The minimum Gasteiger partial charge on any atom is -0.231 e. The minimum absolute atomic E-state index is 0.625. The van der Waals surface area contributed by atoms with Gasteiger partial charge in [-0.3, -0.25) is 0 Å². The summed E-state index contributed by atoms with van der Waals surface area (Å²) in [6.07, 6.45) is -9.17. The van der Waals surface area contributed by atoms with Gasteiger partial charge in [0.25, 0.3) is 0 Å². The third kappa shape index (κ3) is 2.51. The van der Waals surface area contributed by atoms with Crippen LogP contribution in [0, 0.1) is 0 Å². The third-order valence-corrected chi connectivity index (χ3v) is 0.908.